The summed E-state index contributed by atoms with van der Waals surface area (Å²) in [6.07, 6.45) is 3.61. The lowest BCUT2D eigenvalue weighted by Gasteiger charge is -2.09. The van der Waals surface area contributed by atoms with Crippen molar-refractivity contribution in [3.05, 3.63) is 72.2 Å². The number of anilines is 2. The van der Waals surface area contributed by atoms with E-state index in [9.17, 15) is 0 Å². The lowest BCUT2D eigenvalue weighted by Crippen LogP contribution is -1.97. The highest BCUT2D eigenvalue weighted by atomic mass is 15.1. The van der Waals surface area contributed by atoms with Gasteiger partial charge in [-0.25, -0.2) is 9.97 Å². The maximum absolute atomic E-state index is 4.35. The Bertz CT molecular complexity index is 661. The third kappa shape index (κ3) is 2.69. The molecule has 20 heavy (non-hydrogen) atoms. The van der Waals surface area contributed by atoms with Gasteiger partial charge in [-0.1, -0.05) is 43.3 Å². The fourth-order valence-electron chi connectivity index (χ4n) is 2.10. The lowest BCUT2D eigenvalue weighted by atomic mass is 9.99. The van der Waals surface area contributed by atoms with Gasteiger partial charge in [0.1, 0.15) is 5.82 Å². The van der Waals surface area contributed by atoms with Crippen LogP contribution in [0.15, 0.2) is 60.9 Å². The van der Waals surface area contributed by atoms with E-state index in [1.807, 2.05) is 30.5 Å². The first-order chi connectivity index (χ1) is 9.83. The smallest absolute Gasteiger partial charge is 0.206 e. The van der Waals surface area contributed by atoms with Crippen LogP contribution in [0, 0.1) is 0 Å². The number of pyridine rings is 1. The zero-order chi connectivity index (χ0) is 13.8. The van der Waals surface area contributed by atoms with Crippen molar-refractivity contribution in [2.24, 2.45) is 0 Å². The Morgan fingerprint density at radius 2 is 1.80 bits per heavy atom. The Hall–Kier alpha value is -2.62. The second-order valence-corrected chi connectivity index (χ2v) is 4.66. The van der Waals surface area contributed by atoms with E-state index in [4.69, 9.17) is 0 Å². The van der Waals surface area contributed by atoms with Crippen LogP contribution in [0.2, 0.25) is 0 Å². The van der Waals surface area contributed by atoms with Gasteiger partial charge in [0, 0.05) is 17.8 Å². The van der Waals surface area contributed by atoms with Gasteiger partial charge >= 0.3 is 0 Å². The Labute approximate surface area is 117 Å². The largest absolute Gasteiger partial charge is 0.327 e. The van der Waals surface area contributed by atoms with Crippen LogP contribution in [-0.4, -0.2) is 15.0 Å². The summed E-state index contributed by atoms with van der Waals surface area (Å²) in [6.45, 7) is 2.16. The van der Waals surface area contributed by atoms with Crippen molar-refractivity contribution >= 4 is 11.8 Å². The summed E-state index contributed by atoms with van der Waals surface area (Å²) in [5.41, 5.74) is 2.34. The van der Waals surface area contributed by atoms with E-state index in [0.29, 0.717) is 5.95 Å². The minimum atomic E-state index is 0.281. The average molecular weight is 264 g/mol. The van der Waals surface area contributed by atoms with E-state index >= 15 is 0 Å². The molecule has 0 unspecified atom stereocenters. The van der Waals surface area contributed by atoms with Gasteiger partial charge in [0.25, 0.3) is 0 Å². The Morgan fingerprint density at radius 1 is 1.00 bits per heavy atom. The molecular weight excluding hydrogens is 248 g/mol. The van der Waals surface area contributed by atoms with Crippen LogP contribution in [-0.2, 0) is 0 Å². The number of benzene rings is 1. The molecule has 1 aromatic carbocycles. The number of nitrogens with one attached hydrogen (secondary N) is 2. The molecule has 0 aliphatic rings. The number of aromatic nitrogens is 3. The van der Waals surface area contributed by atoms with E-state index in [0.717, 1.165) is 11.5 Å². The van der Waals surface area contributed by atoms with Crippen LogP contribution in [0.3, 0.4) is 0 Å². The molecule has 0 aliphatic carbocycles. The lowest BCUT2D eigenvalue weighted by molar-refractivity contribution is 0.884. The number of H-pyrrole nitrogens is 1. The fraction of sp³-hybridized carbons (Fsp3) is 0.125. The Kier molecular flexibility index (Phi) is 3.46. The van der Waals surface area contributed by atoms with E-state index in [2.05, 4.69) is 51.5 Å². The number of hydrogen-bond acceptors (Lipinski definition) is 3. The summed E-state index contributed by atoms with van der Waals surface area (Å²) < 4.78 is 0. The second-order valence-electron chi connectivity index (χ2n) is 4.66. The molecule has 0 aliphatic heterocycles. The monoisotopic (exact) mass is 264 g/mol. The number of nitrogens with zero attached hydrogens (tertiary/aromatic N) is 2. The molecule has 3 aromatic rings. The van der Waals surface area contributed by atoms with Crippen LogP contribution < -0.4 is 5.32 Å². The topological polar surface area (TPSA) is 53.6 Å². The molecule has 4 nitrogen and oxygen atoms in total. The predicted molar refractivity (Wildman–Crippen MR) is 80.1 cm³/mol. The second kappa shape index (κ2) is 5.57. The number of hydrogen-bond donors (Lipinski definition) is 2. The molecule has 0 saturated heterocycles. The third-order valence-electron chi connectivity index (χ3n) is 3.27. The summed E-state index contributed by atoms with van der Waals surface area (Å²) >= 11 is 0. The zero-order valence-corrected chi connectivity index (χ0v) is 11.2. The van der Waals surface area contributed by atoms with Gasteiger partial charge in [-0.2, -0.15) is 0 Å². The van der Waals surface area contributed by atoms with Gasteiger partial charge in [-0.05, 0) is 17.7 Å². The van der Waals surface area contributed by atoms with Crippen molar-refractivity contribution in [1.82, 2.24) is 15.0 Å². The molecule has 0 saturated carbocycles. The molecule has 100 valence electrons. The standard InChI is InChI=1S/C16H16N4/c1-12(13-7-3-2-4-8-13)14-11-18-16(19-14)20-15-9-5-6-10-17-15/h2-12H,1H3,(H2,17,18,19,20)/t12-/m0/s1. The first-order valence-corrected chi connectivity index (χ1v) is 6.61. The summed E-state index contributed by atoms with van der Waals surface area (Å²) in [5.74, 6) is 1.77. The maximum atomic E-state index is 4.35. The highest BCUT2D eigenvalue weighted by molar-refractivity contribution is 5.47. The molecular formula is C16H16N4. The van der Waals surface area contributed by atoms with Gasteiger partial charge in [-0.3, -0.25) is 0 Å². The van der Waals surface area contributed by atoms with Crippen molar-refractivity contribution in [3.8, 4) is 0 Å². The zero-order valence-electron chi connectivity index (χ0n) is 11.2. The molecule has 0 bridgehead atoms. The van der Waals surface area contributed by atoms with Crippen molar-refractivity contribution in [2.75, 3.05) is 5.32 Å². The highest BCUT2D eigenvalue weighted by Crippen LogP contribution is 2.23. The first kappa shape index (κ1) is 12.4. The van der Waals surface area contributed by atoms with Crippen LogP contribution in [0.4, 0.5) is 11.8 Å². The predicted octanol–water partition coefficient (Wildman–Crippen LogP) is 3.70. The first-order valence-electron chi connectivity index (χ1n) is 6.61. The maximum Gasteiger partial charge on any atom is 0.206 e. The average Bonchev–Trinajstić information content (AvgIpc) is 2.97. The van der Waals surface area contributed by atoms with Crippen molar-refractivity contribution in [3.63, 3.8) is 0 Å². The van der Waals surface area contributed by atoms with E-state index in [-0.39, 0.29) is 5.92 Å². The molecule has 2 aromatic heterocycles. The number of rotatable bonds is 4. The molecule has 2 heterocycles. The van der Waals surface area contributed by atoms with Crippen molar-refractivity contribution in [1.29, 1.82) is 0 Å². The fourth-order valence-corrected chi connectivity index (χ4v) is 2.10. The third-order valence-corrected chi connectivity index (χ3v) is 3.27. The van der Waals surface area contributed by atoms with Crippen LogP contribution in [0.1, 0.15) is 24.1 Å². The number of aromatic amines is 1. The van der Waals surface area contributed by atoms with E-state index in [1.165, 1.54) is 5.56 Å². The van der Waals surface area contributed by atoms with Gasteiger partial charge in [0.05, 0.1) is 6.20 Å². The number of imidazole rings is 1. The molecule has 1 atom stereocenters. The summed E-state index contributed by atoms with van der Waals surface area (Å²) in [5, 5.41) is 3.15. The molecule has 0 amide bonds. The molecule has 2 N–H and O–H groups in total. The molecule has 0 spiro atoms. The van der Waals surface area contributed by atoms with E-state index in [1.54, 1.807) is 6.20 Å². The van der Waals surface area contributed by atoms with Crippen LogP contribution in [0.25, 0.3) is 0 Å². The van der Waals surface area contributed by atoms with Crippen LogP contribution in [0.5, 0.6) is 0 Å². The summed E-state index contributed by atoms with van der Waals surface area (Å²) in [7, 11) is 0. The van der Waals surface area contributed by atoms with Gasteiger partial charge in [0.2, 0.25) is 5.95 Å². The van der Waals surface area contributed by atoms with E-state index < -0.39 is 0 Å². The normalized spacial score (nSPS) is 12.1. The molecule has 0 radical (unpaired) electrons. The summed E-state index contributed by atoms with van der Waals surface area (Å²) in [6, 6.07) is 16.1. The van der Waals surface area contributed by atoms with Crippen molar-refractivity contribution < 1.29 is 0 Å². The summed E-state index contributed by atoms with van der Waals surface area (Å²) in [4.78, 5) is 11.9. The van der Waals surface area contributed by atoms with Gasteiger partial charge in [0.15, 0.2) is 0 Å². The Morgan fingerprint density at radius 3 is 2.55 bits per heavy atom. The SMILES string of the molecule is C[C@@H](c1ccccc1)c1cnc(Nc2ccccn2)[nH]1. The highest BCUT2D eigenvalue weighted by Gasteiger charge is 2.11. The molecule has 0 fully saturated rings. The van der Waals surface area contributed by atoms with Crippen LogP contribution >= 0.6 is 0 Å². The van der Waals surface area contributed by atoms with Crippen molar-refractivity contribution in [2.45, 2.75) is 12.8 Å². The molecule has 4 heteroatoms. The van der Waals surface area contributed by atoms with Gasteiger partial charge in [-0.15, -0.1) is 0 Å². The Balaban J connectivity index is 1.77. The van der Waals surface area contributed by atoms with Gasteiger partial charge < -0.3 is 10.3 Å². The quantitative estimate of drug-likeness (QED) is 0.755. The minimum Gasteiger partial charge on any atom is -0.327 e. The molecule has 3 rings (SSSR count). The minimum absolute atomic E-state index is 0.281.